The second kappa shape index (κ2) is 17.4. The van der Waals surface area contributed by atoms with Crippen LogP contribution in [-0.2, 0) is 20.1 Å². The minimum Gasteiger partial charge on any atom is -0.107 e. The monoisotopic (exact) mass is 845 g/mol. The van der Waals surface area contributed by atoms with Crippen LogP contribution in [-0.4, -0.2) is 0 Å². The number of hydrogen-bond donors (Lipinski definition) is 0. The summed E-state index contributed by atoms with van der Waals surface area (Å²) in [7, 11) is -0.892. The second-order valence-electron chi connectivity index (χ2n) is 8.68. The molecule has 1 radical (unpaired) electrons. The molecule has 40 heavy (non-hydrogen) atoms. The van der Waals surface area contributed by atoms with E-state index in [0.29, 0.717) is 0 Å². The van der Waals surface area contributed by atoms with Crippen molar-refractivity contribution in [1.82, 2.24) is 0 Å². The molecule has 0 saturated carbocycles. The topological polar surface area (TPSA) is 0 Å². The smallest absolute Gasteiger partial charge is 0 e. The van der Waals surface area contributed by atoms with Crippen molar-refractivity contribution < 1.29 is 20.1 Å². The Morgan fingerprint density at radius 1 is 0.225 bits per heavy atom. The van der Waals surface area contributed by atoms with Crippen molar-refractivity contribution in [3.05, 3.63) is 182 Å². The molecule has 0 atom stereocenters. The van der Waals surface area contributed by atoms with Gasteiger partial charge in [0, 0.05) is 20.1 Å². The van der Waals surface area contributed by atoms with Crippen LogP contribution in [0.4, 0.5) is 0 Å². The molecule has 0 spiro atoms. The summed E-state index contributed by atoms with van der Waals surface area (Å²) < 4.78 is 0. The number of halogens is 1. The predicted octanol–water partition coefficient (Wildman–Crippen LogP) is 7.51. The normalized spacial score (nSPS) is 10.1. The van der Waals surface area contributed by atoms with Gasteiger partial charge in [-0.3, -0.25) is 0 Å². The third-order valence-electron chi connectivity index (χ3n) is 6.09. The van der Waals surface area contributed by atoms with Gasteiger partial charge in [-0.25, -0.2) is 0 Å². The first kappa shape index (κ1) is 32.1. The van der Waals surface area contributed by atoms with Crippen molar-refractivity contribution in [3.8, 4) is 0 Å². The van der Waals surface area contributed by atoms with Crippen molar-refractivity contribution >= 4 is 71.6 Å². The van der Waals surface area contributed by atoms with Crippen molar-refractivity contribution in [2.45, 2.75) is 0 Å². The molecule has 4 heteroatoms. The zero-order valence-electron chi connectivity index (χ0n) is 22.0. The molecule has 0 aromatic heterocycles. The number of rotatable bonds is 6. The molecular weight excluding hydrogens is 813 g/mol. The van der Waals surface area contributed by atoms with E-state index in [1.807, 2.05) is 0 Å². The standard InChI is InChI=1S/2C18H15P.HI.Ir/c2*1-4-10-16(11-5-1)19(17-12-6-2-7-13-17)18-14-8-3-9-15-18;;/h2*1-15H;1H;. The van der Waals surface area contributed by atoms with Crippen LogP contribution in [0.5, 0.6) is 0 Å². The summed E-state index contributed by atoms with van der Waals surface area (Å²) in [6.45, 7) is 0. The minimum absolute atomic E-state index is 0. The number of benzene rings is 6. The second-order valence-corrected chi connectivity index (χ2v) is 13.1. The molecule has 0 aliphatic heterocycles. The van der Waals surface area contributed by atoms with Crippen molar-refractivity contribution in [2.24, 2.45) is 0 Å². The largest absolute Gasteiger partial charge is 0.107 e. The Bertz CT molecular complexity index is 1180. The number of hydrogen-bond acceptors (Lipinski definition) is 0. The van der Waals surface area contributed by atoms with Crippen LogP contribution in [0.1, 0.15) is 0 Å². The molecule has 0 N–H and O–H groups in total. The molecule has 6 aromatic carbocycles. The first-order valence-electron chi connectivity index (χ1n) is 12.8. The molecule has 201 valence electrons. The molecule has 0 unspecified atom stereocenters. The average Bonchev–Trinajstić information content (AvgIpc) is 3.01. The summed E-state index contributed by atoms with van der Waals surface area (Å²) in [5.74, 6) is 0. The van der Waals surface area contributed by atoms with E-state index in [0.717, 1.165) is 0 Å². The fourth-order valence-corrected chi connectivity index (χ4v) is 8.97. The Labute approximate surface area is 271 Å². The van der Waals surface area contributed by atoms with Gasteiger partial charge in [-0.1, -0.05) is 182 Å². The molecule has 0 nitrogen and oxygen atoms in total. The van der Waals surface area contributed by atoms with Crippen LogP contribution in [0, 0.1) is 0 Å². The summed E-state index contributed by atoms with van der Waals surface area (Å²) in [6.07, 6.45) is 0. The zero-order chi connectivity index (χ0) is 25.8. The Hall–Kier alpha value is -2.44. The van der Waals surface area contributed by atoms with Gasteiger partial charge in [0.25, 0.3) is 0 Å². The van der Waals surface area contributed by atoms with Gasteiger partial charge in [-0.05, 0) is 47.7 Å². The summed E-state index contributed by atoms with van der Waals surface area (Å²) in [4.78, 5) is 0. The maximum Gasteiger partial charge on any atom is 0 e. The summed E-state index contributed by atoms with van der Waals surface area (Å²) >= 11 is 0. The maximum absolute atomic E-state index is 2.23. The van der Waals surface area contributed by atoms with Gasteiger partial charge < -0.3 is 0 Å². The van der Waals surface area contributed by atoms with Gasteiger partial charge in [0.05, 0.1) is 0 Å². The fraction of sp³-hybridized carbons (Fsp3) is 0. The van der Waals surface area contributed by atoms with E-state index in [2.05, 4.69) is 182 Å². The Morgan fingerprint density at radius 3 is 0.475 bits per heavy atom. The molecule has 6 rings (SSSR count). The van der Waals surface area contributed by atoms with E-state index < -0.39 is 15.8 Å². The minimum atomic E-state index is -0.446. The molecular formula is C36H31IIrP2. The Kier molecular flexibility index (Phi) is 13.9. The van der Waals surface area contributed by atoms with Crippen molar-refractivity contribution in [2.75, 3.05) is 0 Å². The van der Waals surface area contributed by atoms with Gasteiger partial charge in [-0.15, -0.1) is 24.0 Å². The van der Waals surface area contributed by atoms with E-state index in [1.165, 1.54) is 31.8 Å². The Balaban J connectivity index is 0.000000210. The Morgan fingerprint density at radius 2 is 0.350 bits per heavy atom. The molecule has 0 aliphatic carbocycles. The molecule has 0 heterocycles. The van der Waals surface area contributed by atoms with Crippen LogP contribution in [0.3, 0.4) is 0 Å². The van der Waals surface area contributed by atoms with E-state index >= 15 is 0 Å². The van der Waals surface area contributed by atoms with Gasteiger partial charge in [0.15, 0.2) is 0 Å². The molecule has 6 aromatic rings. The summed E-state index contributed by atoms with van der Waals surface area (Å²) in [5.41, 5.74) is 0. The first-order chi connectivity index (χ1) is 18.9. The molecule has 0 fully saturated rings. The molecule has 0 aliphatic rings. The van der Waals surface area contributed by atoms with Crippen LogP contribution in [0.2, 0.25) is 0 Å². The van der Waals surface area contributed by atoms with Crippen molar-refractivity contribution in [1.29, 1.82) is 0 Å². The van der Waals surface area contributed by atoms with Gasteiger partial charge in [0.1, 0.15) is 0 Å². The fourth-order valence-electron chi connectivity index (χ4n) is 4.36. The van der Waals surface area contributed by atoms with E-state index in [9.17, 15) is 0 Å². The third kappa shape index (κ3) is 8.78. The quantitative estimate of drug-likeness (QED) is 0.121. The van der Waals surface area contributed by atoms with Gasteiger partial charge in [0.2, 0.25) is 0 Å². The molecule has 0 amide bonds. The molecule has 0 saturated heterocycles. The third-order valence-corrected chi connectivity index (χ3v) is 11.0. The predicted molar refractivity (Wildman–Crippen MR) is 186 cm³/mol. The van der Waals surface area contributed by atoms with Gasteiger partial charge in [-0.2, -0.15) is 0 Å². The van der Waals surface area contributed by atoms with Crippen LogP contribution in [0.25, 0.3) is 0 Å². The van der Waals surface area contributed by atoms with Crippen LogP contribution >= 0.6 is 39.8 Å². The summed E-state index contributed by atoms with van der Waals surface area (Å²) in [5, 5.41) is 8.39. The van der Waals surface area contributed by atoms with Crippen LogP contribution in [0.15, 0.2) is 182 Å². The summed E-state index contributed by atoms with van der Waals surface area (Å²) in [6, 6.07) is 64.7. The van der Waals surface area contributed by atoms with Crippen LogP contribution < -0.4 is 31.8 Å². The maximum atomic E-state index is 2.23. The van der Waals surface area contributed by atoms with E-state index in [-0.39, 0.29) is 44.1 Å². The zero-order valence-corrected chi connectivity index (χ0v) is 28.5. The average molecular weight is 845 g/mol. The molecule has 0 bridgehead atoms. The first-order valence-corrected chi connectivity index (χ1v) is 15.5. The SMILES string of the molecule is I.[Ir].c1ccc(P(c2ccccc2)c2ccccc2)cc1.c1ccc(P(c2ccccc2)c2ccccc2)cc1. The van der Waals surface area contributed by atoms with Gasteiger partial charge >= 0.3 is 0 Å². The van der Waals surface area contributed by atoms with E-state index in [4.69, 9.17) is 0 Å². The van der Waals surface area contributed by atoms with E-state index in [1.54, 1.807) is 0 Å². The van der Waals surface area contributed by atoms with Crippen molar-refractivity contribution in [3.63, 3.8) is 0 Å².